The lowest BCUT2D eigenvalue weighted by Crippen LogP contribution is -2.34. The van der Waals surface area contributed by atoms with E-state index >= 15 is 8.78 Å². The van der Waals surface area contributed by atoms with Crippen molar-refractivity contribution in [3.05, 3.63) is 64.6 Å². The number of pyridine rings is 1. The van der Waals surface area contributed by atoms with Crippen molar-refractivity contribution in [1.29, 1.82) is 10.7 Å². The van der Waals surface area contributed by atoms with Crippen LogP contribution in [0.5, 0.6) is 0 Å². The molecule has 1 aliphatic heterocycles. The number of amides is 1. The molecule has 0 spiro atoms. The molecule has 0 radical (unpaired) electrons. The average Bonchev–Trinajstić information content (AvgIpc) is 3.00. The summed E-state index contributed by atoms with van der Waals surface area (Å²) in [6.07, 6.45) is 3.11. The molecule has 3 aromatic rings. The molecular formula is C24H20F3N7O. The van der Waals surface area contributed by atoms with Crippen molar-refractivity contribution in [1.82, 2.24) is 15.0 Å². The third kappa shape index (κ3) is 4.07. The van der Waals surface area contributed by atoms with Crippen LogP contribution in [0.25, 0.3) is 11.1 Å². The number of rotatable bonds is 6. The van der Waals surface area contributed by atoms with Gasteiger partial charge in [0.1, 0.15) is 17.7 Å². The van der Waals surface area contributed by atoms with Crippen LogP contribution in [0.15, 0.2) is 30.6 Å². The van der Waals surface area contributed by atoms with Gasteiger partial charge in [0.15, 0.2) is 5.82 Å². The number of nitrogen functional groups attached to an aromatic ring is 1. The number of carbonyl (C=O) groups excluding carboxylic acids is 1. The van der Waals surface area contributed by atoms with Crippen LogP contribution in [-0.4, -0.2) is 27.1 Å². The number of fused-ring (bicyclic) bond motifs is 1. The zero-order valence-corrected chi connectivity index (χ0v) is 18.8. The van der Waals surface area contributed by atoms with Gasteiger partial charge < -0.3 is 11.1 Å². The van der Waals surface area contributed by atoms with Gasteiger partial charge >= 0.3 is 11.8 Å². The van der Waals surface area contributed by atoms with Crippen molar-refractivity contribution in [2.75, 3.05) is 10.6 Å². The summed E-state index contributed by atoms with van der Waals surface area (Å²) >= 11 is 0. The van der Waals surface area contributed by atoms with E-state index in [0.29, 0.717) is 12.1 Å². The molecule has 35 heavy (non-hydrogen) atoms. The van der Waals surface area contributed by atoms with E-state index in [9.17, 15) is 14.4 Å². The fraction of sp³-hybridized carbons (Fsp3) is 0.250. The smallest absolute Gasteiger partial charge is 0.352 e. The first kappa shape index (κ1) is 23.8. The molecule has 0 aliphatic carbocycles. The topological polar surface area (TPSA) is 133 Å². The summed E-state index contributed by atoms with van der Waals surface area (Å²) in [4.78, 5) is 25.2. The van der Waals surface area contributed by atoms with Gasteiger partial charge in [0.05, 0.1) is 41.4 Å². The van der Waals surface area contributed by atoms with E-state index in [1.165, 1.54) is 12.1 Å². The number of anilines is 2. The number of aromatic nitrogens is 3. The monoisotopic (exact) mass is 479 g/mol. The molecule has 4 rings (SSSR count). The third-order valence-corrected chi connectivity index (χ3v) is 5.60. The summed E-state index contributed by atoms with van der Waals surface area (Å²) in [6.45, 7) is 3.49. The van der Waals surface area contributed by atoms with Gasteiger partial charge in [-0.1, -0.05) is 19.9 Å². The largest absolute Gasteiger partial charge is 0.383 e. The molecule has 3 heterocycles. The third-order valence-electron chi connectivity index (χ3n) is 5.60. The predicted octanol–water partition coefficient (Wildman–Crippen LogP) is 3.97. The highest BCUT2D eigenvalue weighted by Gasteiger charge is 2.53. The van der Waals surface area contributed by atoms with Crippen molar-refractivity contribution in [3.8, 4) is 17.2 Å². The molecule has 0 bridgehead atoms. The summed E-state index contributed by atoms with van der Waals surface area (Å²) in [6, 6.07) is 6.02. The maximum Gasteiger partial charge on any atom is 0.352 e. The van der Waals surface area contributed by atoms with Crippen molar-refractivity contribution in [2.24, 2.45) is 5.92 Å². The Morgan fingerprint density at radius 1 is 1.29 bits per heavy atom. The van der Waals surface area contributed by atoms with Gasteiger partial charge in [-0.3, -0.25) is 9.69 Å². The van der Waals surface area contributed by atoms with Crippen LogP contribution in [0, 0.1) is 28.5 Å². The molecular weight excluding hydrogens is 459 g/mol. The Kier molecular flexibility index (Phi) is 5.98. The summed E-state index contributed by atoms with van der Waals surface area (Å²) in [5.74, 6) is -5.89. The number of hydrogen-bond acceptors (Lipinski definition) is 7. The summed E-state index contributed by atoms with van der Waals surface area (Å²) in [7, 11) is 0. The molecule has 1 aliphatic rings. The molecule has 3 N–H and O–H groups in total. The number of carbonyl (C=O) groups is 1. The molecule has 8 nitrogen and oxygen atoms in total. The fourth-order valence-electron chi connectivity index (χ4n) is 4.06. The van der Waals surface area contributed by atoms with Crippen LogP contribution < -0.4 is 10.6 Å². The highest BCUT2D eigenvalue weighted by Crippen LogP contribution is 2.47. The van der Waals surface area contributed by atoms with E-state index < -0.39 is 23.2 Å². The van der Waals surface area contributed by atoms with Gasteiger partial charge in [-0.2, -0.15) is 14.0 Å². The van der Waals surface area contributed by atoms with Crippen LogP contribution in [0.1, 0.15) is 42.1 Å². The second-order valence-corrected chi connectivity index (χ2v) is 8.48. The van der Waals surface area contributed by atoms with Crippen LogP contribution in [0.3, 0.4) is 0 Å². The first-order valence-electron chi connectivity index (χ1n) is 10.6. The molecule has 0 fully saturated rings. The number of benzene rings is 1. The van der Waals surface area contributed by atoms with E-state index in [1.807, 2.05) is 13.8 Å². The number of halogens is 3. The SMILES string of the molecule is CC(C)Cc1nc(N)c(C=N)c(-c2ccc3c(c2)C(F)(F)C(=O)N3Cc2ncc(F)cn2)c1C#N. The maximum absolute atomic E-state index is 15.1. The second-order valence-electron chi connectivity index (χ2n) is 8.48. The lowest BCUT2D eigenvalue weighted by molar-refractivity contribution is -0.141. The number of nitrogens with one attached hydrogen (secondary N) is 1. The van der Waals surface area contributed by atoms with Crippen LogP contribution >= 0.6 is 0 Å². The van der Waals surface area contributed by atoms with Gasteiger partial charge in [-0.05, 0) is 30.0 Å². The van der Waals surface area contributed by atoms with Crippen molar-refractivity contribution in [3.63, 3.8) is 0 Å². The van der Waals surface area contributed by atoms with Gasteiger partial charge in [-0.25, -0.2) is 19.3 Å². The van der Waals surface area contributed by atoms with Crippen molar-refractivity contribution in [2.45, 2.75) is 32.7 Å². The Hall–Kier alpha value is -4.33. The molecule has 0 atom stereocenters. The van der Waals surface area contributed by atoms with Crippen molar-refractivity contribution >= 4 is 23.6 Å². The minimum Gasteiger partial charge on any atom is -0.383 e. The Labute approximate surface area is 198 Å². The van der Waals surface area contributed by atoms with E-state index in [2.05, 4.69) is 21.0 Å². The first-order valence-corrected chi connectivity index (χ1v) is 10.6. The fourth-order valence-corrected chi connectivity index (χ4v) is 4.06. The number of alkyl halides is 2. The molecule has 0 unspecified atom stereocenters. The quantitative estimate of drug-likeness (QED) is 0.514. The molecule has 1 aromatic carbocycles. The first-order chi connectivity index (χ1) is 16.6. The van der Waals surface area contributed by atoms with E-state index in [1.54, 1.807) is 0 Å². The normalized spacial score (nSPS) is 14.2. The zero-order valence-electron chi connectivity index (χ0n) is 18.8. The number of hydrogen-bond donors (Lipinski definition) is 2. The maximum atomic E-state index is 15.1. The van der Waals surface area contributed by atoms with Crippen LogP contribution in [0.4, 0.5) is 24.7 Å². The summed E-state index contributed by atoms with van der Waals surface area (Å²) in [5, 5.41) is 17.7. The van der Waals surface area contributed by atoms with Gasteiger partial charge in [0.2, 0.25) is 0 Å². The van der Waals surface area contributed by atoms with Gasteiger partial charge in [0, 0.05) is 17.3 Å². The molecule has 0 saturated carbocycles. The second kappa shape index (κ2) is 8.79. The average molecular weight is 479 g/mol. The Balaban J connectivity index is 1.87. The molecule has 178 valence electrons. The highest BCUT2D eigenvalue weighted by atomic mass is 19.3. The van der Waals surface area contributed by atoms with Gasteiger partial charge in [0.25, 0.3) is 0 Å². The standard InChI is InChI=1S/C24H20F3N7O/c1-12(2)5-18-15(7-28)21(16(8-29)22(30)33-18)13-3-4-19-17(6-13)24(26,27)23(35)34(19)11-20-31-9-14(25)10-32-20/h3-4,6,8-10,12,29H,5,11H2,1-2H3,(H2,30,33). The summed E-state index contributed by atoms with van der Waals surface area (Å²) < 4.78 is 43.3. The van der Waals surface area contributed by atoms with Crippen LogP contribution in [-0.2, 0) is 23.7 Å². The van der Waals surface area contributed by atoms with E-state index in [-0.39, 0.29) is 52.0 Å². The zero-order chi connectivity index (χ0) is 25.5. The predicted molar refractivity (Wildman–Crippen MR) is 122 cm³/mol. The molecule has 1 amide bonds. The number of nitrogens with two attached hydrogens (primary N) is 1. The lowest BCUT2D eigenvalue weighted by atomic mass is 9.90. The Morgan fingerprint density at radius 3 is 2.57 bits per heavy atom. The number of nitrogens with zero attached hydrogens (tertiary/aromatic N) is 5. The Morgan fingerprint density at radius 2 is 1.97 bits per heavy atom. The van der Waals surface area contributed by atoms with E-state index in [0.717, 1.165) is 29.6 Å². The summed E-state index contributed by atoms with van der Waals surface area (Å²) in [5.41, 5.74) is 6.49. The molecule has 11 heteroatoms. The van der Waals surface area contributed by atoms with Crippen molar-refractivity contribution < 1.29 is 18.0 Å². The van der Waals surface area contributed by atoms with Gasteiger partial charge in [-0.15, -0.1) is 0 Å². The highest BCUT2D eigenvalue weighted by molar-refractivity contribution is 6.06. The van der Waals surface area contributed by atoms with E-state index in [4.69, 9.17) is 11.1 Å². The minimum atomic E-state index is -3.86. The lowest BCUT2D eigenvalue weighted by Gasteiger charge is -2.18. The Bertz CT molecular complexity index is 1380. The minimum absolute atomic E-state index is 0.00284. The molecule has 2 aromatic heterocycles. The number of nitriles is 1. The van der Waals surface area contributed by atoms with Crippen LogP contribution in [0.2, 0.25) is 0 Å². The molecule has 0 saturated heterocycles.